The predicted octanol–water partition coefficient (Wildman–Crippen LogP) is 3.05. The molecule has 1 fully saturated rings. The van der Waals surface area contributed by atoms with Crippen molar-refractivity contribution in [2.24, 2.45) is 0 Å². The number of piperidine rings is 1. The number of aliphatic hydroxyl groups is 1. The maximum Gasteiger partial charge on any atom is 0.123 e. The Bertz CT molecular complexity index is 455. The molecular formula is C18H27FN2O. The monoisotopic (exact) mass is 306 g/mol. The third-order valence-corrected chi connectivity index (χ3v) is 4.48. The maximum absolute atomic E-state index is 13.0. The number of nitrogens with zero attached hydrogens (tertiary/aromatic N) is 2. The van der Waals surface area contributed by atoms with Gasteiger partial charge in [-0.05, 0) is 57.0 Å². The molecule has 0 radical (unpaired) electrons. The lowest BCUT2D eigenvalue weighted by Crippen LogP contribution is -2.45. The minimum atomic E-state index is -0.280. The van der Waals surface area contributed by atoms with E-state index in [1.807, 2.05) is 18.2 Å². The van der Waals surface area contributed by atoms with E-state index in [1.165, 1.54) is 12.1 Å². The van der Waals surface area contributed by atoms with Crippen molar-refractivity contribution >= 4 is 5.69 Å². The standard InChI is InChI=1S/C18H27FN2O/c1-3-4-5-18(22)14-20(2)16-10-12-21(13-11-16)17-8-6-15(19)7-9-17/h3,6-9,16,18,22H,1,4-5,10-14H2,2H3. The number of aliphatic hydroxyl groups excluding tert-OH is 1. The first-order chi connectivity index (χ1) is 10.6. The molecule has 22 heavy (non-hydrogen) atoms. The summed E-state index contributed by atoms with van der Waals surface area (Å²) in [4.78, 5) is 4.58. The molecule has 1 aromatic rings. The Hall–Kier alpha value is -1.39. The van der Waals surface area contributed by atoms with Gasteiger partial charge in [-0.25, -0.2) is 4.39 Å². The molecule has 0 spiro atoms. The smallest absolute Gasteiger partial charge is 0.123 e. The Kier molecular flexibility index (Phi) is 6.40. The number of allylic oxidation sites excluding steroid dienone is 1. The Labute approximate surface area is 133 Å². The van der Waals surface area contributed by atoms with E-state index in [4.69, 9.17) is 0 Å². The lowest BCUT2D eigenvalue weighted by molar-refractivity contribution is 0.0905. The highest BCUT2D eigenvalue weighted by Crippen LogP contribution is 2.22. The molecule has 1 unspecified atom stereocenters. The average Bonchev–Trinajstić information content (AvgIpc) is 2.54. The number of likely N-dealkylation sites (N-methyl/N-ethyl adjacent to an activating group) is 1. The highest BCUT2D eigenvalue weighted by atomic mass is 19.1. The van der Waals surface area contributed by atoms with E-state index in [-0.39, 0.29) is 11.9 Å². The number of halogens is 1. The molecule has 1 aliphatic rings. The number of rotatable bonds is 7. The van der Waals surface area contributed by atoms with Crippen molar-refractivity contribution in [3.63, 3.8) is 0 Å². The summed E-state index contributed by atoms with van der Waals surface area (Å²) in [5.41, 5.74) is 1.09. The second kappa shape index (κ2) is 8.30. The summed E-state index contributed by atoms with van der Waals surface area (Å²) >= 11 is 0. The van der Waals surface area contributed by atoms with Crippen LogP contribution in [0.2, 0.25) is 0 Å². The summed E-state index contributed by atoms with van der Waals surface area (Å²) < 4.78 is 13.0. The minimum absolute atomic E-state index is 0.188. The van der Waals surface area contributed by atoms with Gasteiger partial charge in [-0.1, -0.05) is 6.08 Å². The second-order valence-corrected chi connectivity index (χ2v) is 6.15. The van der Waals surface area contributed by atoms with Crippen LogP contribution in [0, 0.1) is 5.82 Å². The van der Waals surface area contributed by atoms with Crippen LogP contribution >= 0.6 is 0 Å². The SMILES string of the molecule is C=CCCC(O)CN(C)C1CCN(c2ccc(F)cc2)CC1. The van der Waals surface area contributed by atoms with Gasteiger partial charge in [-0.15, -0.1) is 6.58 Å². The van der Waals surface area contributed by atoms with E-state index in [0.29, 0.717) is 6.04 Å². The highest BCUT2D eigenvalue weighted by Gasteiger charge is 2.23. The van der Waals surface area contributed by atoms with Gasteiger partial charge < -0.3 is 14.9 Å². The molecule has 4 heteroatoms. The zero-order valence-electron chi connectivity index (χ0n) is 13.4. The van der Waals surface area contributed by atoms with Crippen molar-refractivity contribution < 1.29 is 9.50 Å². The van der Waals surface area contributed by atoms with E-state index in [2.05, 4.69) is 23.4 Å². The van der Waals surface area contributed by atoms with Gasteiger partial charge in [0.25, 0.3) is 0 Å². The van der Waals surface area contributed by atoms with Crippen LogP contribution in [0.3, 0.4) is 0 Å². The van der Waals surface area contributed by atoms with Crippen LogP contribution in [-0.2, 0) is 0 Å². The van der Waals surface area contributed by atoms with E-state index < -0.39 is 0 Å². The van der Waals surface area contributed by atoms with E-state index in [0.717, 1.165) is 51.0 Å². The molecule has 122 valence electrons. The Morgan fingerprint density at radius 1 is 1.36 bits per heavy atom. The number of anilines is 1. The molecule has 0 aromatic heterocycles. The molecule has 1 atom stereocenters. The van der Waals surface area contributed by atoms with Gasteiger partial charge in [0.1, 0.15) is 5.82 Å². The zero-order chi connectivity index (χ0) is 15.9. The number of benzene rings is 1. The first-order valence-electron chi connectivity index (χ1n) is 8.10. The van der Waals surface area contributed by atoms with Crippen LogP contribution in [0.4, 0.5) is 10.1 Å². The van der Waals surface area contributed by atoms with Gasteiger partial charge in [0.2, 0.25) is 0 Å². The summed E-state index contributed by atoms with van der Waals surface area (Å²) in [6.45, 7) is 6.36. The molecule has 0 aliphatic carbocycles. The van der Waals surface area contributed by atoms with Crippen LogP contribution in [0.1, 0.15) is 25.7 Å². The van der Waals surface area contributed by atoms with E-state index >= 15 is 0 Å². The Morgan fingerprint density at radius 3 is 2.59 bits per heavy atom. The molecule has 1 N–H and O–H groups in total. The fraction of sp³-hybridized carbons (Fsp3) is 0.556. The predicted molar refractivity (Wildman–Crippen MR) is 89.7 cm³/mol. The lowest BCUT2D eigenvalue weighted by Gasteiger charge is -2.38. The van der Waals surface area contributed by atoms with E-state index in [1.54, 1.807) is 0 Å². The van der Waals surface area contributed by atoms with Crippen molar-refractivity contribution in [2.75, 3.05) is 31.6 Å². The fourth-order valence-electron chi connectivity index (χ4n) is 3.10. The van der Waals surface area contributed by atoms with Crippen LogP contribution < -0.4 is 4.90 Å². The summed E-state index contributed by atoms with van der Waals surface area (Å²) in [6, 6.07) is 7.24. The molecule has 1 aliphatic heterocycles. The molecule has 0 saturated carbocycles. The summed E-state index contributed by atoms with van der Waals surface area (Å²) in [6.07, 6.45) is 5.35. The van der Waals surface area contributed by atoms with Crippen LogP contribution in [0.25, 0.3) is 0 Å². The van der Waals surface area contributed by atoms with Gasteiger partial charge in [0, 0.05) is 31.4 Å². The molecule has 1 aromatic carbocycles. The fourth-order valence-corrected chi connectivity index (χ4v) is 3.10. The molecule has 1 saturated heterocycles. The van der Waals surface area contributed by atoms with E-state index in [9.17, 15) is 9.50 Å². The first kappa shape index (κ1) is 17.0. The van der Waals surface area contributed by atoms with Crippen molar-refractivity contribution in [3.8, 4) is 0 Å². The van der Waals surface area contributed by atoms with Crippen molar-refractivity contribution in [1.82, 2.24) is 4.90 Å². The Morgan fingerprint density at radius 2 is 2.00 bits per heavy atom. The highest BCUT2D eigenvalue weighted by molar-refractivity contribution is 5.46. The summed E-state index contributed by atoms with van der Waals surface area (Å²) in [7, 11) is 2.09. The molecule has 2 rings (SSSR count). The van der Waals surface area contributed by atoms with Crippen LogP contribution in [-0.4, -0.2) is 48.8 Å². The maximum atomic E-state index is 13.0. The molecule has 0 bridgehead atoms. The third kappa shape index (κ3) is 4.82. The molecule has 1 heterocycles. The van der Waals surface area contributed by atoms with Gasteiger partial charge in [0.05, 0.1) is 6.10 Å². The van der Waals surface area contributed by atoms with Gasteiger partial charge in [-0.2, -0.15) is 0 Å². The number of hydrogen-bond donors (Lipinski definition) is 1. The van der Waals surface area contributed by atoms with Crippen LogP contribution in [0.15, 0.2) is 36.9 Å². The van der Waals surface area contributed by atoms with Crippen molar-refractivity contribution in [2.45, 2.75) is 37.8 Å². The van der Waals surface area contributed by atoms with Gasteiger partial charge in [0.15, 0.2) is 0 Å². The third-order valence-electron chi connectivity index (χ3n) is 4.48. The summed E-state index contributed by atoms with van der Waals surface area (Å²) in [5, 5.41) is 10.0. The molecular weight excluding hydrogens is 279 g/mol. The normalized spacial score (nSPS) is 17.7. The number of hydrogen-bond acceptors (Lipinski definition) is 3. The van der Waals surface area contributed by atoms with Crippen LogP contribution in [0.5, 0.6) is 0 Å². The van der Waals surface area contributed by atoms with Crippen molar-refractivity contribution in [3.05, 3.63) is 42.7 Å². The van der Waals surface area contributed by atoms with Crippen molar-refractivity contribution in [1.29, 1.82) is 0 Å². The van der Waals surface area contributed by atoms with Gasteiger partial charge >= 0.3 is 0 Å². The van der Waals surface area contributed by atoms with Gasteiger partial charge in [-0.3, -0.25) is 0 Å². The lowest BCUT2D eigenvalue weighted by atomic mass is 10.0. The largest absolute Gasteiger partial charge is 0.392 e. The molecule has 3 nitrogen and oxygen atoms in total. The Balaban J connectivity index is 1.78. The second-order valence-electron chi connectivity index (χ2n) is 6.15. The summed E-state index contributed by atoms with van der Waals surface area (Å²) in [5.74, 6) is -0.188. The zero-order valence-corrected chi connectivity index (χ0v) is 13.4. The molecule has 0 amide bonds. The minimum Gasteiger partial charge on any atom is -0.392 e. The first-order valence-corrected chi connectivity index (χ1v) is 8.10. The topological polar surface area (TPSA) is 26.7 Å². The quantitative estimate of drug-likeness (QED) is 0.784. The average molecular weight is 306 g/mol.